The predicted octanol–water partition coefficient (Wildman–Crippen LogP) is 0.677. The lowest BCUT2D eigenvalue weighted by Crippen LogP contribution is -2.26. The third-order valence-corrected chi connectivity index (χ3v) is 3.65. The summed E-state index contributed by atoms with van der Waals surface area (Å²) in [5, 5.41) is 0. The third-order valence-electron chi connectivity index (χ3n) is 2.26. The van der Waals surface area contributed by atoms with Crippen molar-refractivity contribution in [3.05, 3.63) is 41.3 Å². The number of hydrogen-bond donors (Lipinski definition) is 0. The molecule has 0 spiro atoms. The Balaban J connectivity index is 2.35. The average Bonchev–Trinajstić information content (AvgIpc) is 2.57. The molecule has 5 heteroatoms. The van der Waals surface area contributed by atoms with Crippen LogP contribution in [-0.4, -0.2) is 28.0 Å². The van der Waals surface area contributed by atoms with Gasteiger partial charge in [0.25, 0.3) is 11.8 Å². The second kappa shape index (κ2) is 4.02. The van der Waals surface area contributed by atoms with Crippen molar-refractivity contribution in [2.75, 3.05) is 7.05 Å². The van der Waals surface area contributed by atoms with Crippen molar-refractivity contribution in [3.8, 4) is 0 Å². The summed E-state index contributed by atoms with van der Waals surface area (Å²) in [6.07, 6.45) is 1.13. The van der Waals surface area contributed by atoms with Crippen LogP contribution in [0.2, 0.25) is 0 Å². The van der Waals surface area contributed by atoms with Crippen molar-refractivity contribution in [2.45, 2.75) is 4.90 Å². The zero-order chi connectivity index (χ0) is 11.7. The molecule has 0 bridgehead atoms. The highest BCUT2D eigenvalue weighted by Crippen LogP contribution is 2.20. The first kappa shape index (κ1) is 10.8. The van der Waals surface area contributed by atoms with E-state index in [-0.39, 0.29) is 4.91 Å². The van der Waals surface area contributed by atoms with Crippen LogP contribution in [-0.2, 0) is 20.4 Å². The molecular weight excluding hydrogens is 226 g/mol. The number of benzene rings is 1. The quantitative estimate of drug-likeness (QED) is 0.708. The van der Waals surface area contributed by atoms with Crippen molar-refractivity contribution in [1.82, 2.24) is 4.90 Å². The first-order valence-corrected chi connectivity index (χ1v) is 5.77. The molecule has 1 aromatic rings. The summed E-state index contributed by atoms with van der Waals surface area (Å²) in [5.41, 5.74) is 0. The lowest BCUT2D eigenvalue weighted by molar-refractivity contribution is -0.135. The molecule has 4 nitrogen and oxygen atoms in total. The topological polar surface area (TPSA) is 54.5 Å². The minimum absolute atomic E-state index is 0.0405. The van der Waals surface area contributed by atoms with E-state index in [0.29, 0.717) is 4.90 Å². The summed E-state index contributed by atoms with van der Waals surface area (Å²) >= 11 is 0. The van der Waals surface area contributed by atoms with E-state index in [9.17, 15) is 13.8 Å². The molecule has 0 saturated carbocycles. The largest absolute Gasteiger partial charge is 0.277 e. The lowest BCUT2D eigenvalue weighted by atomic mass is 10.4. The lowest BCUT2D eigenvalue weighted by Gasteiger charge is -2.06. The maximum Gasteiger partial charge on any atom is 0.270 e. The van der Waals surface area contributed by atoms with E-state index in [1.165, 1.54) is 7.05 Å². The maximum atomic E-state index is 12.0. The van der Waals surface area contributed by atoms with Crippen LogP contribution >= 0.6 is 0 Å². The van der Waals surface area contributed by atoms with E-state index in [0.717, 1.165) is 11.0 Å². The van der Waals surface area contributed by atoms with Crippen LogP contribution in [0.25, 0.3) is 0 Å². The van der Waals surface area contributed by atoms with E-state index >= 15 is 0 Å². The highest BCUT2D eigenvalue weighted by molar-refractivity contribution is 7.90. The number of likely N-dealkylation sites (N-methyl/N-ethyl adjacent to an activating group) is 1. The van der Waals surface area contributed by atoms with Crippen LogP contribution in [0.1, 0.15) is 0 Å². The Hall–Kier alpha value is -1.75. The number of carbonyl (C=O) groups is 2. The molecule has 1 aliphatic rings. The number of rotatable bonds is 2. The third kappa shape index (κ3) is 1.69. The van der Waals surface area contributed by atoms with Crippen LogP contribution < -0.4 is 0 Å². The number of imide groups is 1. The molecule has 82 valence electrons. The smallest absolute Gasteiger partial charge is 0.270 e. The molecule has 0 N–H and O–H groups in total. The standard InChI is InChI=1S/C11H9NO3S/c1-12-10(13)7-9(11(12)14)16(15)8-5-3-2-4-6-8/h2-7H,1H3. The van der Waals surface area contributed by atoms with Crippen LogP contribution in [0.15, 0.2) is 46.2 Å². The molecule has 0 aromatic heterocycles. The zero-order valence-corrected chi connectivity index (χ0v) is 9.36. The van der Waals surface area contributed by atoms with Crippen molar-refractivity contribution in [3.63, 3.8) is 0 Å². The van der Waals surface area contributed by atoms with Gasteiger partial charge in [0.1, 0.15) is 4.91 Å². The molecule has 0 aliphatic carbocycles. The fourth-order valence-corrected chi connectivity index (χ4v) is 2.50. The molecule has 0 fully saturated rings. The fraction of sp³-hybridized carbons (Fsp3) is 0.0909. The Morgan fingerprint density at radius 2 is 1.75 bits per heavy atom. The van der Waals surface area contributed by atoms with Gasteiger partial charge in [0.15, 0.2) is 0 Å². The van der Waals surface area contributed by atoms with Gasteiger partial charge in [0, 0.05) is 18.0 Å². The van der Waals surface area contributed by atoms with Crippen LogP contribution in [0, 0.1) is 0 Å². The van der Waals surface area contributed by atoms with Gasteiger partial charge in [-0.05, 0) is 12.1 Å². The molecular formula is C11H9NO3S. The summed E-state index contributed by atoms with van der Waals surface area (Å²) in [7, 11) is -0.210. The Labute approximate surface area is 95.0 Å². The number of hydrogen-bond acceptors (Lipinski definition) is 3. The van der Waals surface area contributed by atoms with Gasteiger partial charge < -0.3 is 0 Å². The zero-order valence-electron chi connectivity index (χ0n) is 8.54. The SMILES string of the molecule is CN1C(=O)C=C(S(=O)c2ccccc2)C1=O. The Morgan fingerprint density at radius 1 is 1.12 bits per heavy atom. The molecule has 0 radical (unpaired) electrons. The molecule has 2 rings (SSSR count). The molecule has 1 heterocycles. The van der Waals surface area contributed by atoms with Crippen LogP contribution in [0.4, 0.5) is 0 Å². The molecule has 1 unspecified atom stereocenters. The molecule has 1 aliphatic heterocycles. The van der Waals surface area contributed by atoms with E-state index in [4.69, 9.17) is 0 Å². The summed E-state index contributed by atoms with van der Waals surface area (Å²) in [4.78, 5) is 24.3. The van der Waals surface area contributed by atoms with E-state index < -0.39 is 22.6 Å². The van der Waals surface area contributed by atoms with Gasteiger partial charge in [-0.2, -0.15) is 0 Å². The normalized spacial score (nSPS) is 17.6. The first-order chi connectivity index (χ1) is 7.61. The Bertz CT molecular complexity index is 507. The molecule has 16 heavy (non-hydrogen) atoms. The summed E-state index contributed by atoms with van der Waals surface area (Å²) in [6.45, 7) is 0. The molecule has 2 amide bonds. The summed E-state index contributed by atoms with van der Waals surface area (Å²) in [6, 6.07) is 8.58. The van der Waals surface area contributed by atoms with Gasteiger partial charge in [0.2, 0.25) is 0 Å². The second-order valence-electron chi connectivity index (χ2n) is 3.29. The molecule has 1 aromatic carbocycles. The second-order valence-corrected chi connectivity index (χ2v) is 4.74. The van der Waals surface area contributed by atoms with Crippen molar-refractivity contribution in [1.29, 1.82) is 0 Å². The van der Waals surface area contributed by atoms with Crippen molar-refractivity contribution >= 4 is 22.6 Å². The van der Waals surface area contributed by atoms with E-state index in [2.05, 4.69) is 0 Å². The summed E-state index contributed by atoms with van der Waals surface area (Å²) in [5.74, 6) is -0.920. The minimum atomic E-state index is -1.58. The number of amides is 2. The monoisotopic (exact) mass is 235 g/mol. The highest BCUT2D eigenvalue weighted by Gasteiger charge is 2.31. The first-order valence-electron chi connectivity index (χ1n) is 4.62. The van der Waals surface area contributed by atoms with Gasteiger partial charge >= 0.3 is 0 Å². The highest BCUT2D eigenvalue weighted by atomic mass is 32.2. The van der Waals surface area contributed by atoms with Crippen molar-refractivity contribution in [2.24, 2.45) is 0 Å². The minimum Gasteiger partial charge on any atom is -0.277 e. The maximum absolute atomic E-state index is 12.0. The van der Waals surface area contributed by atoms with E-state index in [1.54, 1.807) is 30.3 Å². The Morgan fingerprint density at radius 3 is 2.25 bits per heavy atom. The van der Waals surface area contributed by atoms with Gasteiger partial charge in [-0.1, -0.05) is 18.2 Å². The van der Waals surface area contributed by atoms with Gasteiger partial charge in [-0.3, -0.25) is 14.5 Å². The van der Waals surface area contributed by atoms with Crippen LogP contribution in [0.5, 0.6) is 0 Å². The van der Waals surface area contributed by atoms with Gasteiger partial charge in [0.05, 0.1) is 10.8 Å². The molecule has 1 atom stereocenters. The van der Waals surface area contributed by atoms with E-state index in [1.807, 2.05) is 0 Å². The number of nitrogens with zero attached hydrogens (tertiary/aromatic N) is 1. The predicted molar refractivity (Wildman–Crippen MR) is 58.7 cm³/mol. The van der Waals surface area contributed by atoms with Gasteiger partial charge in [-0.15, -0.1) is 0 Å². The molecule has 0 saturated heterocycles. The number of carbonyl (C=O) groups excluding carboxylic acids is 2. The average molecular weight is 235 g/mol. The van der Waals surface area contributed by atoms with Crippen LogP contribution in [0.3, 0.4) is 0 Å². The van der Waals surface area contributed by atoms with Gasteiger partial charge in [-0.25, -0.2) is 4.21 Å². The Kier molecular flexibility index (Phi) is 2.70. The van der Waals surface area contributed by atoms with Crippen molar-refractivity contribution < 1.29 is 13.8 Å². The summed E-state index contributed by atoms with van der Waals surface area (Å²) < 4.78 is 12.0. The fourth-order valence-electron chi connectivity index (χ4n) is 1.34.